The van der Waals surface area contributed by atoms with Gasteiger partial charge in [0.25, 0.3) is 0 Å². The molecule has 0 aromatic heterocycles. The highest BCUT2D eigenvalue weighted by molar-refractivity contribution is 5.72. The van der Waals surface area contributed by atoms with Crippen molar-refractivity contribution in [2.24, 2.45) is 0 Å². The molecule has 94 valence electrons. The third kappa shape index (κ3) is 3.80. The monoisotopic (exact) mass is 244 g/mol. The molecule has 0 heterocycles. The van der Waals surface area contributed by atoms with E-state index >= 15 is 0 Å². The first-order valence-corrected chi connectivity index (χ1v) is 5.16. The van der Waals surface area contributed by atoms with Crippen molar-refractivity contribution in [1.29, 1.82) is 0 Å². The van der Waals surface area contributed by atoms with Crippen LogP contribution in [-0.4, -0.2) is 11.8 Å². The van der Waals surface area contributed by atoms with Crippen LogP contribution in [0.3, 0.4) is 0 Å². The van der Waals surface area contributed by atoms with E-state index in [-0.39, 0.29) is 11.3 Å². The first-order chi connectivity index (χ1) is 7.61. The van der Waals surface area contributed by atoms with Crippen LogP contribution in [0.4, 0.5) is 13.2 Å². The highest BCUT2D eigenvalue weighted by atomic mass is 19.4. The number of hydrogen-bond acceptors (Lipinski definition) is 1. The standard InChI is InChI=1S/C13H15F3O/c1-9(13(14,15)16)10-7-5-6-8-11(10)17-12(2,3)4/h5-8H,1H2,2-4H3. The molecule has 17 heavy (non-hydrogen) atoms. The molecule has 0 atom stereocenters. The maximum Gasteiger partial charge on any atom is 0.416 e. The summed E-state index contributed by atoms with van der Waals surface area (Å²) in [5, 5.41) is 0. The number of allylic oxidation sites excluding steroid dienone is 1. The summed E-state index contributed by atoms with van der Waals surface area (Å²) in [6, 6.07) is 6.03. The predicted octanol–water partition coefficient (Wildman–Crippen LogP) is 4.44. The van der Waals surface area contributed by atoms with Crippen LogP contribution in [0.25, 0.3) is 5.57 Å². The normalized spacial score (nSPS) is 12.4. The minimum absolute atomic E-state index is 0.0186. The molecule has 0 unspecified atom stereocenters. The Hall–Kier alpha value is -1.45. The fourth-order valence-corrected chi connectivity index (χ4v) is 1.29. The average molecular weight is 244 g/mol. The molecule has 0 saturated carbocycles. The van der Waals surface area contributed by atoms with Gasteiger partial charge in [0.2, 0.25) is 0 Å². The van der Waals surface area contributed by atoms with Gasteiger partial charge in [-0.2, -0.15) is 13.2 Å². The molecular formula is C13H15F3O. The van der Waals surface area contributed by atoms with Gasteiger partial charge in [0.15, 0.2) is 0 Å². The molecule has 1 nitrogen and oxygen atoms in total. The number of ether oxygens (including phenoxy) is 1. The maximum absolute atomic E-state index is 12.6. The highest BCUT2D eigenvalue weighted by Crippen LogP contribution is 2.37. The minimum Gasteiger partial charge on any atom is -0.488 e. The second-order valence-corrected chi connectivity index (χ2v) is 4.69. The summed E-state index contributed by atoms with van der Waals surface area (Å²) in [4.78, 5) is 0. The zero-order valence-corrected chi connectivity index (χ0v) is 10.1. The smallest absolute Gasteiger partial charge is 0.416 e. The van der Waals surface area contributed by atoms with Crippen molar-refractivity contribution in [3.05, 3.63) is 36.4 Å². The molecular weight excluding hydrogens is 229 g/mol. The van der Waals surface area contributed by atoms with Gasteiger partial charge in [-0.05, 0) is 26.8 Å². The van der Waals surface area contributed by atoms with E-state index in [0.717, 1.165) is 0 Å². The van der Waals surface area contributed by atoms with Gasteiger partial charge in [-0.3, -0.25) is 0 Å². The van der Waals surface area contributed by atoms with E-state index in [4.69, 9.17) is 4.74 Å². The largest absolute Gasteiger partial charge is 0.488 e. The van der Waals surface area contributed by atoms with Crippen molar-refractivity contribution in [2.45, 2.75) is 32.5 Å². The zero-order valence-electron chi connectivity index (χ0n) is 10.1. The van der Waals surface area contributed by atoms with E-state index in [9.17, 15) is 13.2 Å². The number of para-hydroxylation sites is 1. The molecule has 1 rings (SSSR count). The molecule has 0 aliphatic carbocycles. The van der Waals surface area contributed by atoms with Crippen LogP contribution >= 0.6 is 0 Å². The number of rotatable bonds is 2. The van der Waals surface area contributed by atoms with Crippen LogP contribution in [0.15, 0.2) is 30.8 Å². The lowest BCUT2D eigenvalue weighted by molar-refractivity contribution is -0.0689. The third-order valence-corrected chi connectivity index (χ3v) is 1.97. The van der Waals surface area contributed by atoms with E-state index in [1.54, 1.807) is 26.8 Å². The van der Waals surface area contributed by atoms with Gasteiger partial charge >= 0.3 is 6.18 Å². The molecule has 1 aromatic rings. The van der Waals surface area contributed by atoms with Gasteiger partial charge in [0, 0.05) is 5.56 Å². The van der Waals surface area contributed by atoms with Gasteiger partial charge < -0.3 is 4.74 Å². The van der Waals surface area contributed by atoms with Crippen LogP contribution in [0.1, 0.15) is 26.3 Å². The Balaban J connectivity index is 3.13. The maximum atomic E-state index is 12.6. The van der Waals surface area contributed by atoms with Crippen LogP contribution in [0.5, 0.6) is 5.75 Å². The predicted molar refractivity (Wildman–Crippen MR) is 61.9 cm³/mol. The van der Waals surface area contributed by atoms with Crippen molar-refractivity contribution < 1.29 is 17.9 Å². The topological polar surface area (TPSA) is 9.23 Å². The fraction of sp³-hybridized carbons (Fsp3) is 0.385. The first kappa shape index (κ1) is 13.6. The lowest BCUT2D eigenvalue weighted by Crippen LogP contribution is -2.24. The second kappa shape index (κ2) is 4.43. The minimum atomic E-state index is -4.45. The SMILES string of the molecule is C=C(c1ccccc1OC(C)(C)C)C(F)(F)F. The molecule has 0 aliphatic rings. The Morgan fingerprint density at radius 3 is 2.12 bits per heavy atom. The molecule has 4 heteroatoms. The van der Waals surface area contributed by atoms with Gasteiger partial charge in [-0.15, -0.1) is 0 Å². The van der Waals surface area contributed by atoms with Crippen LogP contribution in [-0.2, 0) is 0 Å². The Labute approximate surface area is 98.9 Å². The summed E-state index contributed by atoms with van der Waals surface area (Å²) >= 11 is 0. The molecule has 0 radical (unpaired) electrons. The third-order valence-electron chi connectivity index (χ3n) is 1.97. The number of alkyl halides is 3. The van der Waals surface area contributed by atoms with E-state index in [0.29, 0.717) is 0 Å². The van der Waals surface area contributed by atoms with Crippen molar-refractivity contribution in [1.82, 2.24) is 0 Å². The Morgan fingerprint density at radius 2 is 1.65 bits per heavy atom. The summed E-state index contributed by atoms with van der Waals surface area (Å²) in [5.74, 6) is 0.197. The van der Waals surface area contributed by atoms with Crippen molar-refractivity contribution in [3.63, 3.8) is 0 Å². The quantitative estimate of drug-likeness (QED) is 0.747. The first-order valence-electron chi connectivity index (χ1n) is 5.16. The Kier molecular flexibility index (Phi) is 3.55. The van der Waals surface area contributed by atoms with E-state index in [2.05, 4.69) is 6.58 Å². The lowest BCUT2D eigenvalue weighted by atomic mass is 10.1. The average Bonchev–Trinajstić information content (AvgIpc) is 2.13. The number of halogens is 3. The zero-order chi connectivity index (χ0) is 13.3. The van der Waals surface area contributed by atoms with Crippen molar-refractivity contribution in [2.75, 3.05) is 0 Å². The summed E-state index contributed by atoms with van der Waals surface area (Å²) in [6.07, 6.45) is -4.45. The molecule has 0 amide bonds. The molecule has 0 bridgehead atoms. The van der Waals surface area contributed by atoms with Crippen LogP contribution in [0.2, 0.25) is 0 Å². The van der Waals surface area contributed by atoms with Gasteiger partial charge in [0.1, 0.15) is 11.4 Å². The van der Waals surface area contributed by atoms with Crippen molar-refractivity contribution in [3.8, 4) is 5.75 Å². The molecule has 1 aromatic carbocycles. The Bertz CT molecular complexity index is 413. The number of benzene rings is 1. The van der Waals surface area contributed by atoms with Crippen molar-refractivity contribution >= 4 is 5.57 Å². The Morgan fingerprint density at radius 1 is 1.12 bits per heavy atom. The molecule has 0 saturated heterocycles. The van der Waals surface area contributed by atoms with E-state index in [1.165, 1.54) is 18.2 Å². The van der Waals surface area contributed by atoms with E-state index < -0.39 is 17.4 Å². The molecule has 0 fully saturated rings. The van der Waals surface area contributed by atoms with E-state index in [1.807, 2.05) is 0 Å². The van der Waals surface area contributed by atoms with Gasteiger partial charge in [0.05, 0.1) is 5.57 Å². The molecule has 0 spiro atoms. The van der Waals surface area contributed by atoms with Crippen LogP contribution < -0.4 is 4.74 Å². The summed E-state index contributed by atoms with van der Waals surface area (Å²) in [6.45, 7) is 8.42. The van der Waals surface area contributed by atoms with Gasteiger partial charge in [-0.1, -0.05) is 24.8 Å². The molecule has 0 aliphatic heterocycles. The summed E-state index contributed by atoms with van der Waals surface area (Å²) in [5.41, 5.74) is -1.46. The highest BCUT2D eigenvalue weighted by Gasteiger charge is 2.34. The number of hydrogen-bond donors (Lipinski definition) is 0. The second-order valence-electron chi connectivity index (χ2n) is 4.69. The van der Waals surface area contributed by atoms with Gasteiger partial charge in [-0.25, -0.2) is 0 Å². The van der Waals surface area contributed by atoms with Crippen LogP contribution in [0, 0.1) is 0 Å². The summed E-state index contributed by atoms with van der Waals surface area (Å²) < 4.78 is 43.3. The molecule has 0 N–H and O–H groups in total. The fourth-order valence-electron chi connectivity index (χ4n) is 1.29. The summed E-state index contributed by atoms with van der Waals surface area (Å²) in [7, 11) is 0. The lowest BCUT2D eigenvalue weighted by Gasteiger charge is -2.24.